The monoisotopic (exact) mass is 474 g/mol. The number of nitrogens with one attached hydrogen (secondary N) is 2. The van der Waals surface area contributed by atoms with Crippen LogP contribution in [0.2, 0.25) is 0 Å². The van der Waals surface area contributed by atoms with Crippen molar-refractivity contribution in [1.82, 2.24) is 15.5 Å². The van der Waals surface area contributed by atoms with Crippen LogP contribution in [0.5, 0.6) is 0 Å². The summed E-state index contributed by atoms with van der Waals surface area (Å²) in [4.78, 5) is 62.0. The summed E-state index contributed by atoms with van der Waals surface area (Å²) in [6.45, 7) is 0.726. The normalized spacial score (nSPS) is 18.5. The van der Waals surface area contributed by atoms with Gasteiger partial charge in [0.2, 0.25) is 23.6 Å². The van der Waals surface area contributed by atoms with Gasteiger partial charge in [-0.3, -0.25) is 19.2 Å². The second-order valence-corrected chi connectivity index (χ2v) is 8.09. The summed E-state index contributed by atoms with van der Waals surface area (Å²) in [7, 11) is 0. The van der Waals surface area contributed by atoms with E-state index in [1.165, 1.54) is 4.90 Å². The molecular formula is C19H34N6O6S. The van der Waals surface area contributed by atoms with E-state index in [9.17, 15) is 24.0 Å². The molecule has 4 unspecified atom stereocenters. The van der Waals surface area contributed by atoms with Gasteiger partial charge in [0.05, 0.1) is 6.04 Å². The van der Waals surface area contributed by atoms with E-state index in [0.29, 0.717) is 38.6 Å². The molecule has 9 N–H and O–H groups in total. The van der Waals surface area contributed by atoms with Gasteiger partial charge in [0.1, 0.15) is 18.1 Å². The first-order valence-electron chi connectivity index (χ1n) is 10.6. The molecular weight excluding hydrogens is 440 g/mol. The van der Waals surface area contributed by atoms with Crippen LogP contribution < -0.4 is 27.8 Å². The van der Waals surface area contributed by atoms with E-state index in [-0.39, 0.29) is 25.1 Å². The zero-order valence-electron chi connectivity index (χ0n) is 18.0. The fourth-order valence-corrected chi connectivity index (χ4v) is 3.67. The second-order valence-electron chi connectivity index (χ2n) is 7.73. The average Bonchev–Trinajstić information content (AvgIpc) is 3.23. The number of nitrogens with two attached hydrogens (primary N) is 3. The molecule has 1 saturated heterocycles. The summed E-state index contributed by atoms with van der Waals surface area (Å²) in [5.74, 6) is -3.70. The molecule has 4 amide bonds. The minimum Gasteiger partial charge on any atom is -0.480 e. The lowest BCUT2D eigenvalue weighted by Gasteiger charge is -2.29. The predicted octanol–water partition coefficient (Wildman–Crippen LogP) is -2.32. The maximum atomic E-state index is 13.2. The topological polar surface area (TPSA) is 211 Å². The summed E-state index contributed by atoms with van der Waals surface area (Å²) < 4.78 is 0. The molecule has 12 nitrogen and oxygen atoms in total. The Labute approximate surface area is 192 Å². The molecule has 1 aliphatic rings. The molecule has 182 valence electrons. The smallest absolute Gasteiger partial charge is 0.327 e. The number of thiol groups is 1. The summed E-state index contributed by atoms with van der Waals surface area (Å²) >= 11 is 3.92. The van der Waals surface area contributed by atoms with E-state index in [1.54, 1.807) is 0 Å². The van der Waals surface area contributed by atoms with Crippen LogP contribution in [-0.4, -0.2) is 82.6 Å². The number of primary amides is 1. The first kappa shape index (κ1) is 27.7. The van der Waals surface area contributed by atoms with Crippen LogP contribution in [0.3, 0.4) is 0 Å². The van der Waals surface area contributed by atoms with E-state index in [0.717, 1.165) is 0 Å². The molecule has 0 aliphatic carbocycles. The molecule has 1 heterocycles. The predicted molar refractivity (Wildman–Crippen MR) is 119 cm³/mol. The number of carboxylic acids is 1. The third kappa shape index (κ3) is 8.63. The number of aliphatic carboxylic acids is 1. The molecule has 0 bridgehead atoms. The Morgan fingerprint density at radius 2 is 1.78 bits per heavy atom. The van der Waals surface area contributed by atoms with Gasteiger partial charge in [0.15, 0.2) is 0 Å². The second kappa shape index (κ2) is 13.9. The highest BCUT2D eigenvalue weighted by atomic mass is 32.1. The maximum Gasteiger partial charge on any atom is 0.327 e. The summed E-state index contributed by atoms with van der Waals surface area (Å²) in [5, 5.41) is 14.1. The first-order chi connectivity index (χ1) is 15.1. The van der Waals surface area contributed by atoms with Crippen LogP contribution in [0.4, 0.5) is 0 Å². The molecule has 0 spiro atoms. The Morgan fingerprint density at radius 1 is 1.09 bits per heavy atom. The Hall–Kier alpha value is -2.38. The fraction of sp³-hybridized carbons (Fsp3) is 0.737. The van der Waals surface area contributed by atoms with Gasteiger partial charge in [-0.25, -0.2) is 4.79 Å². The number of rotatable bonds is 14. The van der Waals surface area contributed by atoms with Gasteiger partial charge in [-0.1, -0.05) is 6.42 Å². The largest absolute Gasteiger partial charge is 0.480 e. The van der Waals surface area contributed by atoms with Gasteiger partial charge in [0, 0.05) is 18.7 Å². The van der Waals surface area contributed by atoms with Crippen molar-refractivity contribution in [3.8, 4) is 0 Å². The summed E-state index contributed by atoms with van der Waals surface area (Å²) in [6, 6.07) is -4.03. The lowest BCUT2D eigenvalue weighted by atomic mass is 10.1. The van der Waals surface area contributed by atoms with E-state index < -0.39 is 53.8 Å². The third-order valence-corrected chi connectivity index (χ3v) is 5.60. The molecule has 0 aromatic rings. The van der Waals surface area contributed by atoms with Crippen LogP contribution in [0.1, 0.15) is 44.9 Å². The standard InChI is InChI=1S/C19H34N6O6S/c20-8-2-1-4-11(21)16(27)23-12(6-7-15(22)26)18(29)25-9-3-5-14(25)17(28)24-13(10-32)19(30)31/h11-14,32H,1-10,20-21H2,(H2,22,26)(H,23,27)(H,24,28)(H,30,31). The van der Waals surface area contributed by atoms with Crippen molar-refractivity contribution in [2.75, 3.05) is 18.8 Å². The lowest BCUT2D eigenvalue weighted by molar-refractivity contribution is -0.144. The molecule has 0 aromatic carbocycles. The van der Waals surface area contributed by atoms with Crippen LogP contribution in [0.15, 0.2) is 0 Å². The molecule has 1 aliphatic heterocycles. The van der Waals surface area contributed by atoms with Crippen molar-refractivity contribution >= 4 is 42.2 Å². The van der Waals surface area contributed by atoms with Crippen molar-refractivity contribution in [3.05, 3.63) is 0 Å². The number of carboxylic acid groups (broad SMARTS) is 1. The van der Waals surface area contributed by atoms with E-state index >= 15 is 0 Å². The molecule has 0 aromatic heterocycles. The Kier molecular flexibility index (Phi) is 12.0. The highest BCUT2D eigenvalue weighted by molar-refractivity contribution is 7.80. The Morgan fingerprint density at radius 3 is 2.34 bits per heavy atom. The van der Waals surface area contributed by atoms with E-state index in [1.807, 2.05) is 0 Å². The van der Waals surface area contributed by atoms with Crippen LogP contribution in [0, 0.1) is 0 Å². The van der Waals surface area contributed by atoms with Crippen LogP contribution in [0.25, 0.3) is 0 Å². The quantitative estimate of drug-likeness (QED) is 0.107. The zero-order chi connectivity index (χ0) is 24.3. The van der Waals surface area contributed by atoms with E-state index in [4.69, 9.17) is 22.3 Å². The van der Waals surface area contributed by atoms with Gasteiger partial charge in [-0.05, 0) is 38.6 Å². The average molecular weight is 475 g/mol. The van der Waals surface area contributed by atoms with Gasteiger partial charge in [0.25, 0.3) is 0 Å². The number of hydrogen-bond acceptors (Lipinski definition) is 8. The number of hydrogen-bond donors (Lipinski definition) is 7. The third-order valence-electron chi connectivity index (χ3n) is 5.24. The molecule has 0 saturated carbocycles. The summed E-state index contributed by atoms with van der Waals surface area (Å²) in [5.41, 5.74) is 16.5. The number of carbonyl (C=O) groups is 5. The van der Waals surface area contributed by atoms with Gasteiger partial charge in [-0.15, -0.1) is 0 Å². The number of nitrogens with zero attached hydrogens (tertiary/aromatic N) is 1. The molecule has 0 radical (unpaired) electrons. The number of unbranched alkanes of at least 4 members (excludes halogenated alkanes) is 1. The van der Waals surface area contributed by atoms with Crippen molar-refractivity contribution < 1.29 is 29.1 Å². The lowest BCUT2D eigenvalue weighted by Crippen LogP contribution is -2.57. The summed E-state index contributed by atoms with van der Waals surface area (Å²) in [6.07, 6.45) is 2.41. The Balaban J connectivity index is 2.90. The van der Waals surface area contributed by atoms with Crippen molar-refractivity contribution in [2.24, 2.45) is 17.2 Å². The van der Waals surface area contributed by atoms with Crippen LogP contribution in [-0.2, 0) is 24.0 Å². The van der Waals surface area contributed by atoms with E-state index in [2.05, 4.69) is 23.3 Å². The van der Waals surface area contributed by atoms with Crippen molar-refractivity contribution in [1.29, 1.82) is 0 Å². The molecule has 32 heavy (non-hydrogen) atoms. The number of carbonyl (C=O) groups excluding carboxylic acids is 4. The van der Waals surface area contributed by atoms with Crippen LogP contribution >= 0.6 is 12.6 Å². The molecule has 1 fully saturated rings. The van der Waals surface area contributed by atoms with Crippen molar-refractivity contribution in [3.63, 3.8) is 0 Å². The highest BCUT2D eigenvalue weighted by Gasteiger charge is 2.39. The minimum atomic E-state index is -1.24. The number of likely N-dealkylation sites (tertiary alicyclic amines) is 1. The van der Waals surface area contributed by atoms with Gasteiger partial charge in [-0.2, -0.15) is 12.6 Å². The molecule has 1 rings (SSSR count). The number of amides is 4. The SMILES string of the molecule is NCCCCC(N)C(=O)NC(CCC(N)=O)C(=O)N1CCCC1C(=O)NC(CS)C(=O)O. The van der Waals surface area contributed by atoms with Crippen molar-refractivity contribution in [2.45, 2.75) is 69.1 Å². The zero-order valence-corrected chi connectivity index (χ0v) is 18.9. The fourth-order valence-electron chi connectivity index (χ4n) is 3.42. The van der Waals surface area contributed by atoms with Gasteiger partial charge < -0.3 is 37.8 Å². The first-order valence-corrected chi connectivity index (χ1v) is 11.2. The Bertz CT molecular complexity index is 693. The van der Waals surface area contributed by atoms with Gasteiger partial charge >= 0.3 is 5.97 Å². The minimum absolute atomic E-state index is 0.0470. The molecule has 13 heteroatoms. The highest BCUT2D eigenvalue weighted by Crippen LogP contribution is 2.20. The maximum absolute atomic E-state index is 13.2. The molecule has 4 atom stereocenters.